The van der Waals surface area contributed by atoms with Gasteiger partial charge in [0.05, 0.1) is 13.2 Å². The molecule has 0 rings (SSSR count). The molecular weight excluding hydrogens is 1150 g/mol. The molecule has 0 aliphatic heterocycles. The average molecular weight is 1290 g/mol. The molecule has 524 valence electrons. The van der Waals surface area contributed by atoms with Gasteiger partial charge in [0.25, 0.3) is 0 Å². The number of allylic oxidation sites excluding steroid dienone is 20. The van der Waals surface area contributed by atoms with Crippen LogP contribution in [0.1, 0.15) is 348 Å². The molecule has 2 atom stereocenters. The lowest BCUT2D eigenvalue weighted by Crippen LogP contribution is -2.29. The zero-order valence-corrected chi connectivity index (χ0v) is 59.9. The van der Waals surface area contributed by atoms with E-state index in [1.54, 1.807) is 0 Å². The fraction of sp³-hybridized carbons (Fsp3) is 0.728. The SMILES string of the molecule is CC/C=C\C/C=C\C/C=C\C/C=C\C/C=C\C/C=C\CCCCCCCCCCCCCCC(=O)OC(COC(=O)CCCCCCCCCCCCCCCCCCCCCCCCCCCC/C=C\C/C=C\C/C=C\C/C=C\CC)COP(=O)(O)OCCN. The van der Waals surface area contributed by atoms with Gasteiger partial charge in [-0.3, -0.25) is 18.6 Å². The smallest absolute Gasteiger partial charge is 0.462 e. The molecular formula is C81H142NO8P. The van der Waals surface area contributed by atoms with Gasteiger partial charge >= 0.3 is 19.8 Å². The third kappa shape index (κ3) is 75.3. The predicted octanol–water partition coefficient (Wildman–Crippen LogP) is 25.4. The molecule has 0 aromatic heterocycles. The minimum Gasteiger partial charge on any atom is -0.462 e. The average Bonchev–Trinajstić information content (AvgIpc) is 3.71. The lowest BCUT2D eigenvalue weighted by atomic mass is 10.0. The highest BCUT2D eigenvalue weighted by Crippen LogP contribution is 2.43. The Balaban J connectivity index is 3.81. The number of hydrogen-bond acceptors (Lipinski definition) is 8. The van der Waals surface area contributed by atoms with E-state index in [-0.39, 0.29) is 38.6 Å². The number of carbonyl (C=O) groups excluding carboxylic acids is 2. The van der Waals surface area contributed by atoms with Gasteiger partial charge in [-0.15, -0.1) is 0 Å². The highest BCUT2D eigenvalue weighted by molar-refractivity contribution is 7.47. The Morgan fingerprint density at radius 1 is 0.330 bits per heavy atom. The van der Waals surface area contributed by atoms with Crippen molar-refractivity contribution in [2.45, 2.75) is 354 Å². The van der Waals surface area contributed by atoms with E-state index in [0.29, 0.717) is 6.42 Å². The highest BCUT2D eigenvalue weighted by Gasteiger charge is 2.26. The quantitative estimate of drug-likeness (QED) is 0.0264. The second kappa shape index (κ2) is 75.4. The maximum absolute atomic E-state index is 12.8. The van der Waals surface area contributed by atoms with Crippen LogP contribution in [-0.4, -0.2) is 49.3 Å². The molecule has 91 heavy (non-hydrogen) atoms. The van der Waals surface area contributed by atoms with Crippen molar-refractivity contribution in [1.82, 2.24) is 0 Å². The maximum atomic E-state index is 12.8. The van der Waals surface area contributed by atoms with E-state index >= 15 is 0 Å². The van der Waals surface area contributed by atoms with Gasteiger partial charge in [0, 0.05) is 19.4 Å². The number of ether oxygens (including phenoxy) is 2. The van der Waals surface area contributed by atoms with Crippen LogP contribution in [0.15, 0.2) is 122 Å². The Bertz CT molecular complexity index is 1910. The van der Waals surface area contributed by atoms with Crippen LogP contribution >= 0.6 is 7.82 Å². The number of carbonyl (C=O) groups is 2. The molecule has 0 bridgehead atoms. The first-order valence-electron chi connectivity index (χ1n) is 38.0. The predicted molar refractivity (Wildman–Crippen MR) is 394 cm³/mol. The Morgan fingerprint density at radius 2 is 0.571 bits per heavy atom. The molecule has 9 nitrogen and oxygen atoms in total. The molecule has 0 saturated carbocycles. The van der Waals surface area contributed by atoms with Crippen molar-refractivity contribution in [3.05, 3.63) is 122 Å². The van der Waals surface area contributed by atoms with E-state index in [2.05, 4.69) is 135 Å². The molecule has 0 aliphatic carbocycles. The standard InChI is InChI=1S/C81H142NO8P/c1-3-5-7-9-11-13-15-17-19-21-23-25-27-29-31-33-35-36-37-38-39-40-41-42-44-45-47-49-51-53-55-57-59-61-63-65-67-69-71-73-80(83)87-77-79(78-89-91(85,86)88-76-75-82)90-81(84)74-72-70-68-66-64-62-60-58-56-54-52-50-48-46-43-34-32-30-28-26-24-22-20-18-16-14-12-10-8-6-4-2/h5-8,11-14,17-20,23-26,30,32,43,46,79H,3-4,9-10,15-16,21-22,27-29,31,33-42,44-45,47-78,82H2,1-2H3,(H,85,86)/b7-5-,8-6-,13-11-,14-12-,19-17-,20-18-,25-23-,26-24-,32-30-,46-43-. The summed E-state index contributed by atoms with van der Waals surface area (Å²) in [6.45, 7) is 3.55. The number of rotatable bonds is 71. The van der Waals surface area contributed by atoms with Gasteiger partial charge in [0.1, 0.15) is 6.61 Å². The molecule has 0 heterocycles. The van der Waals surface area contributed by atoms with Crippen molar-refractivity contribution in [1.29, 1.82) is 0 Å². The summed E-state index contributed by atoms with van der Waals surface area (Å²) in [5.74, 6) is -0.819. The fourth-order valence-electron chi connectivity index (χ4n) is 10.8. The molecule has 0 amide bonds. The number of esters is 2. The molecule has 0 spiro atoms. The molecule has 0 fully saturated rings. The zero-order chi connectivity index (χ0) is 65.8. The summed E-state index contributed by atoms with van der Waals surface area (Å²) < 4.78 is 33.2. The van der Waals surface area contributed by atoms with Gasteiger partial charge in [-0.2, -0.15) is 0 Å². The van der Waals surface area contributed by atoms with E-state index in [4.69, 9.17) is 24.3 Å². The van der Waals surface area contributed by atoms with Crippen LogP contribution in [0.25, 0.3) is 0 Å². The van der Waals surface area contributed by atoms with Crippen LogP contribution in [-0.2, 0) is 32.7 Å². The summed E-state index contributed by atoms with van der Waals surface area (Å²) >= 11 is 0. The molecule has 2 unspecified atom stereocenters. The molecule has 10 heteroatoms. The van der Waals surface area contributed by atoms with Crippen LogP contribution in [0.4, 0.5) is 0 Å². The zero-order valence-electron chi connectivity index (χ0n) is 59.1. The summed E-state index contributed by atoms with van der Waals surface area (Å²) in [6.07, 6.45) is 106. The Kier molecular flexibility index (Phi) is 72.5. The van der Waals surface area contributed by atoms with Gasteiger partial charge < -0.3 is 20.1 Å². The van der Waals surface area contributed by atoms with Gasteiger partial charge in [-0.1, -0.05) is 354 Å². The molecule has 0 radical (unpaired) electrons. The van der Waals surface area contributed by atoms with Crippen LogP contribution in [0.2, 0.25) is 0 Å². The van der Waals surface area contributed by atoms with E-state index in [0.717, 1.165) is 103 Å². The summed E-state index contributed by atoms with van der Waals surface area (Å²) in [7, 11) is -4.40. The molecule has 0 aromatic carbocycles. The van der Waals surface area contributed by atoms with Gasteiger partial charge in [-0.25, -0.2) is 4.57 Å². The van der Waals surface area contributed by atoms with Crippen molar-refractivity contribution in [3.63, 3.8) is 0 Å². The number of nitrogens with two attached hydrogens (primary N) is 1. The topological polar surface area (TPSA) is 134 Å². The largest absolute Gasteiger partial charge is 0.472 e. The minimum atomic E-state index is -4.40. The Morgan fingerprint density at radius 3 is 0.846 bits per heavy atom. The number of phosphoric acid groups is 1. The summed E-state index contributed by atoms with van der Waals surface area (Å²) in [4.78, 5) is 35.4. The number of phosphoric ester groups is 1. The number of hydrogen-bond donors (Lipinski definition) is 2. The molecule has 0 aliphatic rings. The van der Waals surface area contributed by atoms with Crippen LogP contribution < -0.4 is 5.73 Å². The van der Waals surface area contributed by atoms with Crippen molar-refractivity contribution in [2.75, 3.05) is 26.4 Å². The highest BCUT2D eigenvalue weighted by atomic mass is 31.2. The second-order valence-corrected chi connectivity index (χ2v) is 26.6. The van der Waals surface area contributed by atoms with Gasteiger partial charge in [0.15, 0.2) is 6.10 Å². The van der Waals surface area contributed by atoms with Crippen LogP contribution in [0.5, 0.6) is 0 Å². The monoisotopic (exact) mass is 1290 g/mol. The summed E-state index contributed by atoms with van der Waals surface area (Å²) in [5.41, 5.74) is 5.41. The van der Waals surface area contributed by atoms with E-state index in [1.807, 2.05) is 0 Å². The fourth-order valence-corrected chi connectivity index (χ4v) is 11.6. The van der Waals surface area contributed by atoms with Crippen LogP contribution in [0.3, 0.4) is 0 Å². The first-order valence-corrected chi connectivity index (χ1v) is 39.5. The molecule has 0 saturated heterocycles. The molecule has 3 N–H and O–H groups in total. The summed E-state index contributed by atoms with van der Waals surface area (Å²) in [5, 5.41) is 0. The van der Waals surface area contributed by atoms with Gasteiger partial charge in [-0.05, 0) is 103 Å². The second-order valence-electron chi connectivity index (χ2n) is 25.1. The maximum Gasteiger partial charge on any atom is 0.472 e. The third-order valence-electron chi connectivity index (χ3n) is 16.3. The van der Waals surface area contributed by atoms with Crippen molar-refractivity contribution < 1.29 is 37.6 Å². The number of unbranched alkanes of at least 4 members (excludes halogenated alkanes) is 38. The van der Waals surface area contributed by atoms with Crippen molar-refractivity contribution in [2.24, 2.45) is 5.73 Å². The lowest BCUT2D eigenvalue weighted by Gasteiger charge is -2.19. The normalized spacial score (nSPS) is 13.6. The van der Waals surface area contributed by atoms with Crippen molar-refractivity contribution in [3.8, 4) is 0 Å². The minimum absolute atomic E-state index is 0.0505. The Hall–Kier alpha value is -3.59. The van der Waals surface area contributed by atoms with Gasteiger partial charge in [0.2, 0.25) is 0 Å². The first kappa shape index (κ1) is 87.4. The summed E-state index contributed by atoms with van der Waals surface area (Å²) in [6, 6.07) is 0. The van der Waals surface area contributed by atoms with E-state index in [9.17, 15) is 19.0 Å². The third-order valence-corrected chi connectivity index (χ3v) is 17.3. The Labute approximate surface area is 561 Å². The molecule has 0 aromatic rings. The van der Waals surface area contributed by atoms with E-state index < -0.39 is 26.5 Å². The van der Waals surface area contributed by atoms with Crippen LogP contribution in [0, 0.1) is 0 Å². The van der Waals surface area contributed by atoms with E-state index in [1.165, 1.54) is 212 Å². The first-order chi connectivity index (χ1) is 44.8. The van der Waals surface area contributed by atoms with Crippen molar-refractivity contribution >= 4 is 19.8 Å². The lowest BCUT2D eigenvalue weighted by molar-refractivity contribution is -0.161.